The van der Waals surface area contributed by atoms with Crippen LogP contribution in [0.5, 0.6) is 0 Å². The zero-order chi connectivity index (χ0) is 29.7. The third-order valence-corrected chi connectivity index (χ3v) is 9.25. The Kier molecular flexibility index (Phi) is 9.22. The molecule has 2 N–H and O–H groups in total. The molecule has 0 radical (unpaired) electrons. The molecule has 0 amide bonds. The summed E-state index contributed by atoms with van der Waals surface area (Å²) >= 11 is 13.3. The van der Waals surface area contributed by atoms with E-state index in [1.54, 1.807) is 109 Å². The van der Waals surface area contributed by atoms with Crippen LogP contribution in [0.4, 0.5) is 0 Å². The van der Waals surface area contributed by atoms with Gasteiger partial charge in [-0.2, -0.15) is 0 Å². The van der Waals surface area contributed by atoms with E-state index in [-0.39, 0.29) is 34.5 Å². The van der Waals surface area contributed by atoms with Gasteiger partial charge in [-0.25, -0.2) is 18.0 Å². The second-order valence-electron chi connectivity index (χ2n) is 9.95. The lowest BCUT2D eigenvalue weighted by atomic mass is 9.95. The highest BCUT2D eigenvalue weighted by molar-refractivity contribution is 7.91. The summed E-state index contributed by atoms with van der Waals surface area (Å²) in [5.74, 6) is -2.96. The molecule has 9 heteroatoms. The van der Waals surface area contributed by atoms with E-state index >= 15 is 0 Å². The number of rotatable bonds is 10. The minimum atomic E-state index is -3.45. The molecule has 0 spiro atoms. The van der Waals surface area contributed by atoms with Crippen LogP contribution < -0.4 is 0 Å². The summed E-state index contributed by atoms with van der Waals surface area (Å²) in [5.41, 5.74) is 1.35. The Labute approximate surface area is 249 Å². The van der Waals surface area contributed by atoms with Crippen LogP contribution in [0.2, 0.25) is 0 Å². The average Bonchev–Trinajstić information content (AvgIpc) is 2.94. The first-order chi connectivity index (χ1) is 19.4. The first-order valence-corrected chi connectivity index (χ1v) is 15.3. The normalized spacial score (nSPS) is 25.7. The number of hydrogen-bond donors (Lipinski definition) is 2. The van der Waals surface area contributed by atoms with E-state index in [4.69, 9.17) is 23.2 Å². The molecule has 2 aromatic rings. The van der Waals surface area contributed by atoms with Gasteiger partial charge in [0.15, 0.2) is 9.84 Å². The highest BCUT2D eigenvalue weighted by atomic mass is 35.5. The molecule has 0 unspecified atom stereocenters. The third kappa shape index (κ3) is 8.19. The molecule has 0 saturated carbocycles. The number of allylic oxidation sites excluding steroid dienone is 10. The van der Waals surface area contributed by atoms with Crippen LogP contribution in [-0.4, -0.2) is 51.8 Å². The Balaban J connectivity index is 1.35. The summed E-state index contributed by atoms with van der Waals surface area (Å²) < 4.78 is 25.9. The fourth-order valence-corrected chi connectivity index (χ4v) is 6.70. The maximum atomic E-state index is 13.0. The number of hydrogen-bond acceptors (Lipinski definition) is 4. The summed E-state index contributed by atoms with van der Waals surface area (Å²) in [4.78, 5) is 20.9. The van der Waals surface area contributed by atoms with Gasteiger partial charge in [0.05, 0.1) is 32.4 Å². The van der Waals surface area contributed by atoms with Crippen molar-refractivity contribution in [3.63, 3.8) is 0 Å². The van der Waals surface area contributed by atoms with Crippen molar-refractivity contribution < 1.29 is 28.2 Å². The lowest BCUT2D eigenvalue weighted by molar-refractivity contribution is 0.0686. The minimum Gasteiger partial charge on any atom is -0.478 e. The highest BCUT2D eigenvalue weighted by Gasteiger charge is 2.27. The van der Waals surface area contributed by atoms with E-state index in [0.717, 1.165) is 0 Å². The van der Waals surface area contributed by atoms with Crippen LogP contribution in [-0.2, 0) is 9.84 Å². The molecule has 0 fully saturated rings. The number of aromatic carboxylic acids is 2. The van der Waals surface area contributed by atoms with Gasteiger partial charge in [-0.3, -0.25) is 0 Å². The molecular weight excluding hydrogens is 583 g/mol. The number of sulfone groups is 1. The molecule has 0 atom stereocenters. The maximum absolute atomic E-state index is 13.0. The average molecular weight is 612 g/mol. The monoisotopic (exact) mass is 610 g/mol. The van der Waals surface area contributed by atoms with E-state index in [0.29, 0.717) is 11.1 Å². The van der Waals surface area contributed by atoms with Gasteiger partial charge in [0.2, 0.25) is 0 Å². The molecule has 0 bridgehead atoms. The van der Waals surface area contributed by atoms with Crippen LogP contribution >= 0.6 is 23.2 Å². The predicted octanol–water partition coefficient (Wildman–Crippen LogP) is 6.66. The summed E-state index contributed by atoms with van der Waals surface area (Å²) in [6, 6.07) is 13.2. The molecule has 2 aliphatic rings. The topological polar surface area (TPSA) is 109 Å². The van der Waals surface area contributed by atoms with Gasteiger partial charge in [0, 0.05) is 11.8 Å². The molecular formula is C32H28Cl2O6S. The van der Waals surface area contributed by atoms with Gasteiger partial charge >= 0.3 is 11.9 Å². The standard InChI is InChI=1S/C32H28Cl2O6S/c33-31(19-13-25-5-1-3-7-27(25)29(35)36)15-9-23(10-16-31)21-41(39,40)22-24-11-17-32(34,18-12-24)20-14-26-6-2-4-8-28(26)30(37)38/h1-20,23-24H,21-22H2,(H,35,36)(H,37,38)/b19-13+,20-14+. The number of halogens is 2. The SMILES string of the molecule is O=C(O)c1ccccc1/C=C/C1(Cl)C=CC(CS(=O)(=O)CC2C=CC(Cl)(/C=C/c3ccccc3C(=O)O)C=C2)C=C1. The van der Waals surface area contributed by atoms with E-state index in [1.165, 1.54) is 12.1 Å². The summed E-state index contributed by atoms with van der Waals surface area (Å²) in [5, 5.41) is 18.7. The number of carboxylic acids is 2. The van der Waals surface area contributed by atoms with Crippen LogP contribution in [0.3, 0.4) is 0 Å². The second kappa shape index (κ2) is 12.5. The van der Waals surface area contributed by atoms with Crippen LogP contribution in [0.15, 0.2) is 109 Å². The van der Waals surface area contributed by atoms with Crippen molar-refractivity contribution in [1.29, 1.82) is 0 Å². The van der Waals surface area contributed by atoms with Gasteiger partial charge in [-0.05, 0) is 23.3 Å². The lowest BCUT2D eigenvalue weighted by Gasteiger charge is -2.23. The molecule has 2 aliphatic carbocycles. The van der Waals surface area contributed by atoms with E-state index < -0.39 is 31.5 Å². The maximum Gasteiger partial charge on any atom is 0.336 e. The Morgan fingerprint density at radius 2 is 1.02 bits per heavy atom. The van der Waals surface area contributed by atoms with Crippen molar-refractivity contribution in [2.45, 2.75) is 9.75 Å². The largest absolute Gasteiger partial charge is 0.478 e. The van der Waals surface area contributed by atoms with Crippen molar-refractivity contribution in [1.82, 2.24) is 0 Å². The van der Waals surface area contributed by atoms with Crippen LogP contribution in [0.1, 0.15) is 31.8 Å². The third-order valence-electron chi connectivity index (χ3n) is 6.71. The Morgan fingerprint density at radius 3 is 1.37 bits per heavy atom. The van der Waals surface area contributed by atoms with Gasteiger partial charge in [0.25, 0.3) is 0 Å². The summed E-state index contributed by atoms with van der Waals surface area (Å²) in [6.45, 7) is 0. The van der Waals surface area contributed by atoms with Crippen molar-refractivity contribution in [2.75, 3.05) is 11.5 Å². The number of benzene rings is 2. The lowest BCUT2D eigenvalue weighted by Crippen LogP contribution is -2.25. The van der Waals surface area contributed by atoms with Gasteiger partial charge < -0.3 is 10.2 Å². The van der Waals surface area contributed by atoms with Crippen molar-refractivity contribution in [3.05, 3.63) is 132 Å². The highest BCUT2D eigenvalue weighted by Crippen LogP contribution is 2.31. The number of carboxylic acid groups (broad SMARTS) is 2. The van der Waals surface area contributed by atoms with Crippen LogP contribution in [0.25, 0.3) is 12.2 Å². The van der Waals surface area contributed by atoms with Crippen LogP contribution in [0, 0.1) is 11.8 Å². The smallest absolute Gasteiger partial charge is 0.336 e. The predicted molar refractivity (Wildman–Crippen MR) is 164 cm³/mol. The van der Waals surface area contributed by atoms with Gasteiger partial charge in [-0.1, -0.05) is 109 Å². The summed E-state index contributed by atoms with van der Waals surface area (Å²) in [6.07, 6.45) is 20.4. The first-order valence-electron chi connectivity index (χ1n) is 12.8. The van der Waals surface area contributed by atoms with E-state index in [1.807, 2.05) is 0 Å². The second-order valence-corrected chi connectivity index (χ2v) is 13.4. The number of alkyl halides is 2. The molecule has 0 heterocycles. The van der Waals surface area contributed by atoms with Crippen molar-refractivity contribution in [2.24, 2.45) is 11.8 Å². The molecule has 2 aromatic carbocycles. The molecule has 41 heavy (non-hydrogen) atoms. The fourth-order valence-electron chi connectivity index (χ4n) is 4.53. The molecule has 0 aliphatic heterocycles. The number of carbonyl (C=O) groups is 2. The Morgan fingerprint density at radius 1 is 0.683 bits per heavy atom. The quantitative estimate of drug-likeness (QED) is 0.230. The van der Waals surface area contributed by atoms with E-state index in [9.17, 15) is 28.2 Å². The Hall–Kier alpha value is -3.65. The van der Waals surface area contributed by atoms with E-state index in [2.05, 4.69) is 0 Å². The summed E-state index contributed by atoms with van der Waals surface area (Å²) in [7, 11) is -3.45. The minimum absolute atomic E-state index is 0.0887. The molecule has 4 rings (SSSR count). The van der Waals surface area contributed by atoms with Crippen molar-refractivity contribution >= 4 is 57.1 Å². The first kappa shape index (κ1) is 30.3. The Bertz CT molecular complexity index is 1470. The molecule has 0 aromatic heterocycles. The van der Waals surface area contributed by atoms with Gasteiger partial charge in [-0.15, -0.1) is 23.2 Å². The zero-order valence-corrected chi connectivity index (χ0v) is 24.1. The van der Waals surface area contributed by atoms with Crippen molar-refractivity contribution in [3.8, 4) is 0 Å². The molecule has 212 valence electrons. The molecule has 6 nitrogen and oxygen atoms in total. The zero-order valence-electron chi connectivity index (χ0n) is 21.8. The fraction of sp³-hybridized carbons (Fsp3) is 0.188. The molecule has 0 saturated heterocycles. The van der Waals surface area contributed by atoms with Gasteiger partial charge in [0.1, 0.15) is 0 Å².